The van der Waals surface area contributed by atoms with Crippen molar-refractivity contribution in [1.29, 1.82) is 10.5 Å². The second-order valence-corrected chi connectivity index (χ2v) is 10.9. The zero-order valence-electron chi connectivity index (χ0n) is 25.3. The molecule has 10 nitrogen and oxygen atoms in total. The van der Waals surface area contributed by atoms with E-state index in [0.717, 1.165) is 11.6 Å². The highest BCUT2D eigenvalue weighted by Gasteiger charge is 2.26. The number of hydrogen-bond donors (Lipinski definition) is 4. The van der Waals surface area contributed by atoms with Crippen LogP contribution in [0.15, 0.2) is 66.9 Å². The van der Waals surface area contributed by atoms with Crippen molar-refractivity contribution in [1.82, 2.24) is 15.8 Å². The van der Waals surface area contributed by atoms with E-state index in [0.29, 0.717) is 60.5 Å². The number of methoxy groups -OCH3 is 1. The number of piperidine rings is 1. The van der Waals surface area contributed by atoms with E-state index in [1.54, 1.807) is 36.5 Å². The molecular formula is C35H30F2N6O4. The number of aromatic hydroxyl groups is 1. The summed E-state index contributed by atoms with van der Waals surface area (Å²) >= 11 is 0. The number of anilines is 1. The number of carbonyl (C=O) groups excluding carboxylic acids is 1. The fourth-order valence-corrected chi connectivity index (χ4v) is 5.56. The Balaban J connectivity index is 1.37. The summed E-state index contributed by atoms with van der Waals surface area (Å²) in [5.74, 6) is -1.38. The Bertz CT molecular complexity index is 1930. The molecule has 4 N–H and O–H groups in total. The number of rotatable bonds is 9. The number of halogens is 2. The van der Waals surface area contributed by atoms with Crippen LogP contribution in [0.25, 0.3) is 28.3 Å². The predicted molar refractivity (Wildman–Crippen MR) is 170 cm³/mol. The lowest BCUT2D eigenvalue weighted by atomic mass is 9.91. The third-order valence-corrected chi connectivity index (χ3v) is 8.02. The molecule has 1 fully saturated rings. The Kier molecular flexibility index (Phi) is 10.1. The topological polar surface area (TPSA) is 155 Å². The Morgan fingerprint density at radius 1 is 1.06 bits per heavy atom. The number of nitrogens with zero attached hydrogens (tertiary/aromatic N) is 4. The first-order valence-corrected chi connectivity index (χ1v) is 14.7. The largest absolute Gasteiger partial charge is 0.504 e. The SMILES string of the molecule is COc1ccc(-c2cnc(N3CCC(NCc4ccc(/C=C/C(=O)NO)c(F)c4)CC3)c(C#N)c2-c2ccc(C#N)c(F)c2)cc1O. The van der Waals surface area contributed by atoms with Crippen LogP contribution in [-0.2, 0) is 11.3 Å². The molecule has 47 heavy (non-hydrogen) atoms. The van der Waals surface area contributed by atoms with Crippen LogP contribution >= 0.6 is 0 Å². The van der Waals surface area contributed by atoms with Crippen molar-refractivity contribution in [3.05, 3.63) is 101 Å². The number of carbonyl (C=O) groups is 1. The van der Waals surface area contributed by atoms with E-state index in [1.165, 1.54) is 42.9 Å². The molecule has 2 heterocycles. The summed E-state index contributed by atoms with van der Waals surface area (Å²) in [5, 5.41) is 42.2. The minimum absolute atomic E-state index is 0.110. The Morgan fingerprint density at radius 2 is 1.83 bits per heavy atom. The molecule has 5 rings (SSSR count). The number of hydroxylamine groups is 1. The summed E-state index contributed by atoms with van der Waals surface area (Å²) in [5.41, 5.74) is 4.34. The molecule has 0 aliphatic carbocycles. The van der Waals surface area contributed by atoms with Gasteiger partial charge in [-0.25, -0.2) is 19.2 Å². The van der Waals surface area contributed by atoms with Gasteiger partial charge in [0.2, 0.25) is 0 Å². The number of phenols is 1. The summed E-state index contributed by atoms with van der Waals surface area (Å²) < 4.78 is 34.5. The van der Waals surface area contributed by atoms with Gasteiger partial charge in [0.15, 0.2) is 11.5 Å². The third-order valence-electron chi connectivity index (χ3n) is 8.02. The predicted octanol–water partition coefficient (Wildman–Crippen LogP) is 5.43. The van der Waals surface area contributed by atoms with Gasteiger partial charge in [0.05, 0.1) is 12.7 Å². The Labute approximate surface area is 269 Å². The molecule has 0 saturated carbocycles. The van der Waals surface area contributed by atoms with Gasteiger partial charge >= 0.3 is 0 Å². The lowest BCUT2D eigenvalue weighted by Crippen LogP contribution is -2.42. The normalized spacial score (nSPS) is 13.3. The van der Waals surface area contributed by atoms with Crippen LogP contribution in [0.5, 0.6) is 11.5 Å². The monoisotopic (exact) mass is 636 g/mol. The molecule has 1 amide bonds. The third kappa shape index (κ3) is 7.20. The number of hydrogen-bond acceptors (Lipinski definition) is 9. The van der Waals surface area contributed by atoms with Gasteiger partial charge in [-0.05, 0) is 65.9 Å². The maximum atomic E-state index is 14.8. The first-order valence-electron chi connectivity index (χ1n) is 14.7. The molecule has 0 unspecified atom stereocenters. The molecule has 238 valence electrons. The molecule has 1 aliphatic rings. The van der Waals surface area contributed by atoms with Crippen LogP contribution in [0.2, 0.25) is 0 Å². The van der Waals surface area contributed by atoms with E-state index in [2.05, 4.69) is 16.4 Å². The van der Waals surface area contributed by atoms with Crippen LogP contribution in [0.3, 0.4) is 0 Å². The number of nitrogens with one attached hydrogen (secondary N) is 2. The molecular weight excluding hydrogens is 606 g/mol. The number of pyridine rings is 1. The molecule has 4 aromatic rings. The van der Waals surface area contributed by atoms with E-state index in [-0.39, 0.29) is 34.2 Å². The molecule has 1 aliphatic heterocycles. The lowest BCUT2D eigenvalue weighted by molar-refractivity contribution is -0.124. The highest BCUT2D eigenvalue weighted by molar-refractivity contribution is 5.91. The van der Waals surface area contributed by atoms with Crippen molar-refractivity contribution in [2.45, 2.75) is 25.4 Å². The smallest absolute Gasteiger partial charge is 0.267 e. The highest BCUT2D eigenvalue weighted by Crippen LogP contribution is 2.41. The van der Waals surface area contributed by atoms with Crippen LogP contribution in [0.4, 0.5) is 14.6 Å². The average Bonchev–Trinajstić information content (AvgIpc) is 3.09. The summed E-state index contributed by atoms with van der Waals surface area (Å²) in [4.78, 5) is 17.8. The van der Waals surface area contributed by atoms with E-state index < -0.39 is 17.5 Å². The first kappa shape index (κ1) is 32.6. The number of benzene rings is 3. The summed E-state index contributed by atoms with van der Waals surface area (Å²) in [6.45, 7) is 1.55. The molecule has 0 spiro atoms. The van der Waals surface area contributed by atoms with Gasteiger partial charge in [0.1, 0.15) is 35.2 Å². The number of nitriles is 2. The molecule has 1 saturated heterocycles. The molecule has 0 atom stereocenters. The van der Waals surface area contributed by atoms with Crippen molar-refractivity contribution in [3.8, 4) is 45.9 Å². The van der Waals surface area contributed by atoms with Gasteiger partial charge in [-0.2, -0.15) is 10.5 Å². The Hall–Kier alpha value is -5.82. The molecule has 3 aromatic carbocycles. The van der Waals surface area contributed by atoms with Crippen molar-refractivity contribution >= 4 is 17.8 Å². The van der Waals surface area contributed by atoms with Crippen molar-refractivity contribution < 1.29 is 28.6 Å². The first-order chi connectivity index (χ1) is 22.8. The van der Waals surface area contributed by atoms with E-state index in [1.807, 2.05) is 11.0 Å². The van der Waals surface area contributed by atoms with Crippen LogP contribution in [-0.4, -0.2) is 47.4 Å². The molecule has 1 aromatic heterocycles. The zero-order valence-corrected chi connectivity index (χ0v) is 25.3. The van der Waals surface area contributed by atoms with Gasteiger partial charge in [-0.1, -0.05) is 24.3 Å². The van der Waals surface area contributed by atoms with E-state index in [9.17, 15) is 29.2 Å². The number of phenolic OH excluding ortho intramolecular Hbond substituents is 1. The van der Waals surface area contributed by atoms with Crippen LogP contribution in [0, 0.1) is 34.3 Å². The van der Waals surface area contributed by atoms with Crippen molar-refractivity contribution in [2.75, 3.05) is 25.1 Å². The minimum Gasteiger partial charge on any atom is -0.504 e. The summed E-state index contributed by atoms with van der Waals surface area (Å²) in [7, 11) is 1.43. The van der Waals surface area contributed by atoms with Gasteiger partial charge in [-0.15, -0.1) is 0 Å². The van der Waals surface area contributed by atoms with Gasteiger partial charge in [-0.3, -0.25) is 10.0 Å². The Morgan fingerprint density at radius 3 is 2.47 bits per heavy atom. The number of aromatic nitrogens is 1. The second-order valence-electron chi connectivity index (χ2n) is 10.9. The minimum atomic E-state index is -0.758. The fraction of sp³-hybridized carbons (Fsp3) is 0.200. The van der Waals surface area contributed by atoms with Crippen molar-refractivity contribution in [3.63, 3.8) is 0 Å². The maximum absolute atomic E-state index is 14.8. The van der Waals surface area contributed by atoms with Gasteiger partial charge in [0.25, 0.3) is 5.91 Å². The second kappa shape index (κ2) is 14.5. The quantitative estimate of drug-likeness (QED) is 0.107. The van der Waals surface area contributed by atoms with Gasteiger partial charge in [0, 0.05) is 54.6 Å². The molecule has 0 bridgehead atoms. The highest BCUT2D eigenvalue weighted by atomic mass is 19.1. The average molecular weight is 637 g/mol. The number of ether oxygens (including phenoxy) is 1. The standard InChI is InChI=1S/C35H30F2N6O4/c1-47-32-8-6-23(16-31(32)44)28-20-41-35(27(18-39)34(28)24-4-5-25(17-38)30(37)15-24)43-12-10-26(11-13-43)40-19-21-2-3-22(29(36)14-21)7-9-33(45)42-46/h2-9,14-16,20,26,40,44,46H,10-13,19H2,1H3,(H,42,45)/b9-7+. The summed E-state index contributed by atoms with van der Waals surface area (Å²) in [6, 6.07) is 17.9. The van der Waals surface area contributed by atoms with Crippen LogP contribution < -0.4 is 20.4 Å². The fourth-order valence-electron chi connectivity index (χ4n) is 5.56. The number of amides is 1. The van der Waals surface area contributed by atoms with E-state index in [4.69, 9.17) is 9.94 Å². The maximum Gasteiger partial charge on any atom is 0.267 e. The lowest BCUT2D eigenvalue weighted by Gasteiger charge is -2.34. The van der Waals surface area contributed by atoms with Gasteiger partial charge < -0.3 is 20.1 Å². The van der Waals surface area contributed by atoms with Crippen LogP contribution in [0.1, 0.15) is 35.1 Å². The van der Waals surface area contributed by atoms with Crippen molar-refractivity contribution in [2.24, 2.45) is 0 Å². The summed E-state index contributed by atoms with van der Waals surface area (Å²) in [6.07, 6.45) is 5.31. The van der Waals surface area contributed by atoms with E-state index >= 15 is 0 Å². The zero-order chi connectivity index (χ0) is 33.5. The molecule has 12 heteroatoms. The molecule has 0 radical (unpaired) electrons.